The van der Waals surface area contributed by atoms with Crippen molar-refractivity contribution < 1.29 is 27.2 Å². The van der Waals surface area contributed by atoms with Crippen LogP contribution >= 0.6 is 0 Å². The molecule has 0 bridgehead atoms. The molecule has 0 spiro atoms. The average molecular weight is 234 g/mol. The summed E-state index contributed by atoms with van der Waals surface area (Å²) < 4.78 is 51.9. The zero-order valence-corrected chi connectivity index (χ0v) is 7.90. The molecule has 0 aromatic heterocycles. The summed E-state index contributed by atoms with van der Waals surface area (Å²) >= 11 is 0. The highest BCUT2D eigenvalue weighted by Gasteiger charge is 2.48. The SMILES string of the molecule is C=C1C(=O)C(F)(F)C(=O)C/C(F)=C\C=C/1F. The van der Waals surface area contributed by atoms with Crippen LogP contribution in [0.15, 0.2) is 36.0 Å². The van der Waals surface area contributed by atoms with Gasteiger partial charge >= 0.3 is 5.92 Å². The Bertz CT molecular complexity index is 432. The minimum absolute atomic E-state index is 0.476. The Labute approximate surface area is 87.9 Å². The van der Waals surface area contributed by atoms with Gasteiger partial charge in [0.2, 0.25) is 11.6 Å². The zero-order valence-electron chi connectivity index (χ0n) is 7.90. The van der Waals surface area contributed by atoms with Gasteiger partial charge in [-0.05, 0) is 12.2 Å². The number of hydrogen-bond donors (Lipinski definition) is 0. The summed E-state index contributed by atoms with van der Waals surface area (Å²) in [6.07, 6.45) is -0.271. The first-order valence-corrected chi connectivity index (χ1v) is 4.14. The van der Waals surface area contributed by atoms with E-state index < -0.39 is 41.1 Å². The molecule has 0 saturated carbocycles. The van der Waals surface area contributed by atoms with Gasteiger partial charge in [0.15, 0.2) is 0 Å². The number of carbonyl (C=O) groups excluding carboxylic acids is 2. The predicted molar refractivity (Wildman–Crippen MR) is 47.1 cm³/mol. The molecule has 0 aliphatic heterocycles. The number of allylic oxidation sites excluding steroid dienone is 5. The summed E-state index contributed by atoms with van der Waals surface area (Å²) in [4.78, 5) is 21.9. The molecule has 2 nitrogen and oxygen atoms in total. The van der Waals surface area contributed by atoms with Crippen LogP contribution in [0.1, 0.15) is 6.42 Å². The minimum Gasteiger partial charge on any atom is -0.292 e. The van der Waals surface area contributed by atoms with E-state index in [1.54, 1.807) is 0 Å². The molecule has 0 atom stereocenters. The molecule has 0 aromatic carbocycles. The van der Waals surface area contributed by atoms with Gasteiger partial charge < -0.3 is 0 Å². The maximum Gasteiger partial charge on any atom is 0.367 e. The number of rotatable bonds is 0. The fourth-order valence-electron chi connectivity index (χ4n) is 1.01. The lowest BCUT2D eigenvalue weighted by atomic mass is 10.0. The topological polar surface area (TPSA) is 34.1 Å². The van der Waals surface area contributed by atoms with Gasteiger partial charge in [-0.1, -0.05) is 6.58 Å². The third kappa shape index (κ3) is 2.10. The molecule has 1 aliphatic rings. The molecule has 1 rings (SSSR count). The normalized spacial score (nSPS) is 28.4. The van der Waals surface area contributed by atoms with E-state index in [0.717, 1.165) is 0 Å². The van der Waals surface area contributed by atoms with Crippen molar-refractivity contribution in [1.29, 1.82) is 0 Å². The van der Waals surface area contributed by atoms with E-state index in [1.807, 2.05) is 0 Å². The van der Waals surface area contributed by atoms with Crippen LogP contribution in [0.2, 0.25) is 0 Å². The first-order valence-electron chi connectivity index (χ1n) is 4.14. The second-order valence-corrected chi connectivity index (χ2v) is 3.11. The van der Waals surface area contributed by atoms with E-state index >= 15 is 0 Å². The van der Waals surface area contributed by atoms with Gasteiger partial charge in [0.1, 0.15) is 11.7 Å². The molecule has 86 valence electrons. The molecule has 0 unspecified atom stereocenters. The Morgan fingerprint density at radius 1 is 1.19 bits per heavy atom. The number of alkyl halides is 2. The van der Waals surface area contributed by atoms with Gasteiger partial charge in [0.05, 0.1) is 12.0 Å². The van der Waals surface area contributed by atoms with Crippen molar-refractivity contribution in [2.24, 2.45) is 0 Å². The van der Waals surface area contributed by atoms with Crippen LogP contribution in [0.5, 0.6) is 0 Å². The van der Waals surface area contributed by atoms with E-state index in [2.05, 4.69) is 6.58 Å². The Morgan fingerprint density at radius 3 is 2.31 bits per heavy atom. The zero-order chi connectivity index (χ0) is 12.5. The van der Waals surface area contributed by atoms with Gasteiger partial charge in [-0.2, -0.15) is 8.78 Å². The molecule has 0 N–H and O–H groups in total. The number of ketones is 2. The summed E-state index contributed by atoms with van der Waals surface area (Å²) in [5.74, 6) is -11.1. The van der Waals surface area contributed by atoms with Crippen molar-refractivity contribution in [2.75, 3.05) is 0 Å². The summed E-state index contributed by atoms with van der Waals surface area (Å²) in [5.41, 5.74) is -1.15. The number of halogens is 4. The maximum atomic E-state index is 13.1. The lowest BCUT2D eigenvalue weighted by Gasteiger charge is -2.12. The molecule has 6 heteroatoms. The van der Waals surface area contributed by atoms with Crippen LogP contribution in [0.3, 0.4) is 0 Å². The van der Waals surface area contributed by atoms with Gasteiger partial charge in [0, 0.05) is 0 Å². The predicted octanol–water partition coefficient (Wildman–Crippen LogP) is 2.43. The van der Waals surface area contributed by atoms with Crippen LogP contribution < -0.4 is 0 Å². The summed E-state index contributed by atoms with van der Waals surface area (Å²) in [6, 6.07) is 0. The minimum atomic E-state index is -4.45. The lowest BCUT2D eigenvalue weighted by molar-refractivity contribution is -0.153. The molecule has 0 aromatic rings. The number of Topliss-reactive ketones (excluding diaryl/α,β-unsaturated/α-hetero) is 2. The molecule has 16 heavy (non-hydrogen) atoms. The molecule has 0 heterocycles. The fourth-order valence-corrected chi connectivity index (χ4v) is 1.01. The Hall–Kier alpha value is -1.72. The van der Waals surface area contributed by atoms with Crippen LogP contribution in [0, 0.1) is 0 Å². The average Bonchev–Trinajstić information content (AvgIpc) is 2.23. The molecule has 0 amide bonds. The highest BCUT2D eigenvalue weighted by molar-refractivity contribution is 6.17. The Balaban J connectivity index is 3.28. The fraction of sp³-hybridized carbons (Fsp3) is 0.200. The van der Waals surface area contributed by atoms with E-state index in [-0.39, 0.29) is 0 Å². The molecule has 1 aliphatic carbocycles. The van der Waals surface area contributed by atoms with Crippen molar-refractivity contribution in [1.82, 2.24) is 0 Å². The monoisotopic (exact) mass is 234 g/mol. The molecule has 0 radical (unpaired) electrons. The highest BCUT2D eigenvalue weighted by Crippen LogP contribution is 2.28. The van der Waals surface area contributed by atoms with Gasteiger partial charge in [0.25, 0.3) is 0 Å². The van der Waals surface area contributed by atoms with E-state index in [4.69, 9.17) is 0 Å². The summed E-state index contributed by atoms with van der Waals surface area (Å²) in [6.45, 7) is 2.80. The Morgan fingerprint density at radius 2 is 1.75 bits per heavy atom. The standard InChI is InChI=1S/C10H6F4O2/c1-5-7(12)3-2-6(11)4-8(15)10(13,14)9(5)16/h2-3H,1,4H2/b6-2+,7-3+. The highest BCUT2D eigenvalue weighted by atomic mass is 19.3. The van der Waals surface area contributed by atoms with E-state index in [9.17, 15) is 27.2 Å². The van der Waals surface area contributed by atoms with E-state index in [1.165, 1.54) is 0 Å². The van der Waals surface area contributed by atoms with Crippen LogP contribution in [-0.4, -0.2) is 17.5 Å². The van der Waals surface area contributed by atoms with Gasteiger partial charge in [-0.15, -0.1) is 0 Å². The molecular weight excluding hydrogens is 228 g/mol. The largest absolute Gasteiger partial charge is 0.367 e. The van der Waals surface area contributed by atoms with Crippen molar-refractivity contribution in [2.45, 2.75) is 12.3 Å². The second-order valence-electron chi connectivity index (χ2n) is 3.11. The van der Waals surface area contributed by atoms with Gasteiger partial charge in [-0.25, -0.2) is 8.78 Å². The van der Waals surface area contributed by atoms with Crippen LogP contribution in [0.4, 0.5) is 17.6 Å². The first kappa shape index (κ1) is 12.4. The first-order chi connectivity index (χ1) is 7.26. The van der Waals surface area contributed by atoms with Crippen molar-refractivity contribution in [3.63, 3.8) is 0 Å². The summed E-state index contributed by atoms with van der Waals surface area (Å²) in [7, 11) is 0. The van der Waals surface area contributed by atoms with Gasteiger partial charge in [-0.3, -0.25) is 9.59 Å². The lowest BCUT2D eigenvalue weighted by Crippen LogP contribution is -2.38. The molecule has 0 saturated heterocycles. The second kappa shape index (κ2) is 4.03. The van der Waals surface area contributed by atoms with Crippen molar-refractivity contribution >= 4 is 11.6 Å². The smallest absolute Gasteiger partial charge is 0.292 e. The number of hydrogen-bond acceptors (Lipinski definition) is 2. The number of carbonyl (C=O) groups is 2. The van der Waals surface area contributed by atoms with E-state index in [0.29, 0.717) is 12.2 Å². The van der Waals surface area contributed by atoms with Crippen LogP contribution in [0.25, 0.3) is 0 Å². The van der Waals surface area contributed by atoms with Crippen molar-refractivity contribution in [3.8, 4) is 0 Å². The third-order valence-corrected chi connectivity index (χ3v) is 1.94. The summed E-state index contributed by atoms with van der Waals surface area (Å²) in [5, 5.41) is 0. The Kier molecular flexibility index (Phi) is 3.11. The van der Waals surface area contributed by atoms with Crippen molar-refractivity contribution in [3.05, 3.63) is 36.0 Å². The maximum absolute atomic E-state index is 13.1. The molecule has 0 fully saturated rings. The third-order valence-electron chi connectivity index (χ3n) is 1.94. The quantitative estimate of drug-likeness (QED) is 0.366. The van der Waals surface area contributed by atoms with Crippen LogP contribution in [-0.2, 0) is 9.59 Å². The molecular formula is C10H6F4O2.